The Kier molecular flexibility index (Phi) is 25.4. The van der Waals surface area contributed by atoms with E-state index in [1.807, 2.05) is 6.92 Å². The van der Waals surface area contributed by atoms with Crippen LogP contribution in [0, 0.1) is 0 Å². The Balaban J connectivity index is 1.57. The Morgan fingerprint density at radius 2 is 1.05 bits per heavy atom. The molecule has 0 aromatic carbocycles. The lowest BCUT2D eigenvalue weighted by atomic mass is 9.96. The number of amides is 1. The molecule has 3 fully saturated rings. The van der Waals surface area contributed by atoms with Gasteiger partial charge in [0.25, 0.3) is 0 Å². The highest BCUT2D eigenvalue weighted by molar-refractivity contribution is 5.76. The number of carbonyl (C=O) groups excluding carboxylic acids is 1. The number of nitrogens with one attached hydrogen (secondary N) is 1. The molecule has 356 valence electrons. The average Bonchev–Trinajstić information content (AvgIpc) is 3.25. The van der Waals surface area contributed by atoms with E-state index in [0.717, 1.165) is 51.4 Å². The summed E-state index contributed by atoms with van der Waals surface area (Å²) in [7, 11) is 0. The summed E-state index contributed by atoms with van der Waals surface area (Å²) >= 11 is 0. The van der Waals surface area contributed by atoms with Crippen LogP contribution in [0.4, 0.5) is 0 Å². The molecule has 3 rings (SSSR count). The Morgan fingerprint density at radius 1 is 0.574 bits per heavy atom. The fourth-order valence-electron chi connectivity index (χ4n) is 7.40. The molecule has 0 bridgehead atoms. The monoisotopic (exact) mass is 881 g/mol. The lowest BCUT2D eigenvalue weighted by Gasteiger charge is -2.48. The van der Waals surface area contributed by atoms with Gasteiger partial charge in [0.1, 0.15) is 73.2 Å². The first-order valence-electron chi connectivity index (χ1n) is 22.1. The molecule has 3 heterocycles. The Bertz CT molecular complexity index is 1240. The molecule has 17 atom stereocenters. The highest BCUT2D eigenvalue weighted by atomic mass is 16.8. The van der Waals surface area contributed by atoms with E-state index in [1.165, 1.54) is 19.3 Å². The summed E-state index contributed by atoms with van der Waals surface area (Å²) in [6.45, 7) is 1.45. The first kappa shape index (κ1) is 53.6. The Morgan fingerprint density at radius 3 is 1.62 bits per heavy atom. The zero-order valence-corrected chi connectivity index (χ0v) is 35.6. The van der Waals surface area contributed by atoms with Crippen LogP contribution in [-0.2, 0) is 33.2 Å². The first-order chi connectivity index (χ1) is 29.3. The molecule has 0 radical (unpaired) electrons. The van der Waals surface area contributed by atoms with E-state index in [0.29, 0.717) is 12.8 Å². The molecular weight excluding hydrogens is 806 g/mol. The molecule has 0 aromatic heterocycles. The second-order valence-electron chi connectivity index (χ2n) is 16.2. The van der Waals surface area contributed by atoms with Gasteiger partial charge in [0.15, 0.2) is 18.9 Å². The summed E-state index contributed by atoms with van der Waals surface area (Å²) < 4.78 is 33.8. The molecule has 19 nitrogen and oxygen atoms in total. The van der Waals surface area contributed by atoms with Gasteiger partial charge in [-0.2, -0.15) is 0 Å². The molecule has 0 aromatic rings. The van der Waals surface area contributed by atoms with Gasteiger partial charge in [-0.3, -0.25) is 4.79 Å². The third kappa shape index (κ3) is 16.6. The van der Waals surface area contributed by atoms with Crippen molar-refractivity contribution in [3.63, 3.8) is 0 Å². The first-order valence-corrected chi connectivity index (χ1v) is 22.1. The Hall–Kier alpha value is -1.73. The Labute approximate surface area is 358 Å². The van der Waals surface area contributed by atoms with Crippen molar-refractivity contribution in [1.82, 2.24) is 5.32 Å². The molecule has 3 aliphatic rings. The molecule has 0 spiro atoms. The van der Waals surface area contributed by atoms with E-state index < -0.39 is 124 Å². The second kappa shape index (κ2) is 28.9. The van der Waals surface area contributed by atoms with E-state index >= 15 is 0 Å². The smallest absolute Gasteiger partial charge is 0.220 e. The third-order valence-electron chi connectivity index (χ3n) is 11.2. The van der Waals surface area contributed by atoms with Gasteiger partial charge in [-0.1, -0.05) is 83.1 Å². The van der Waals surface area contributed by atoms with Gasteiger partial charge in [-0.05, 0) is 38.5 Å². The lowest BCUT2D eigenvalue weighted by molar-refractivity contribution is -0.379. The maximum absolute atomic E-state index is 13.0. The van der Waals surface area contributed by atoms with Crippen molar-refractivity contribution in [2.24, 2.45) is 0 Å². The summed E-state index contributed by atoms with van der Waals surface area (Å²) in [5, 5.41) is 118. The normalized spacial score (nSPS) is 35.8. The molecule has 0 aliphatic carbocycles. The van der Waals surface area contributed by atoms with Crippen LogP contribution >= 0.6 is 0 Å². The number of carbonyl (C=O) groups is 1. The lowest BCUT2D eigenvalue weighted by Crippen LogP contribution is -2.66. The minimum absolute atomic E-state index is 0.231. The van der Waals surface area contributed by atoms with Crippen LogP contribution < -0.4 is 5.32 Å². The molecule has 3 aliphatic heterocycles. The highest BCUT2D eigenvalue weighted by Crippen LogP contribution is 2.33. The molecule has 17 unspecified atom stereocenters. The van der Waals surface area contributed by atoms with Gasteiger partial charge in [0, 0.05) is 6.42 Å². The molecule has 12 N–H and O–H groups in total. The number of aliphatic hydroxyl groups excluding tert-OH is 11. The summed E-state index contributed by atoms with van der Waals surface area (Å²) in [6.07, 6.45) is -5.60. The van der Waals surface area contributed by atoms with Crippen LogP contribution in [0.3, 0.4) is 0 Å². The minimum atomic E-state index is -1.97. The van der Waals surface area contributed by atoms with Gasteiger partial charge in [-0.25, -0.2) is 0 Å². The number of hydrogen-bond donors (Lipinski definition) is 12. The predicted molar refractivity (Wildman–Crippen MR) is 217 cm³/mol. The summed E-state index contributed by atoms with van der Waals surface area (Å²) in [5.74, 6) is -0.299. The minimum Gasteiger partial charge on any atom is -0.394 e. The van der Waals surface area contributed by atoms with Gasteiger partial charge >= 0.3 is 0 Å². The predicted octanol–water partition coefficient (Wildman–Crippen LogP) is -1.09. The van der Waals surface area contributed by atoms with Crippen molar-refractivity contribution in [3.05, 3.63) is 24.3 Å². The molecule has 19 heteroatoms. The van der Waals surface area contributed by atoms with Crippen LogP contribution in [0.25, 0.3) is 0 Å². The molecule has 3 saturated heterocycles. The van der Waals surface area contributed by atoms with E-state index in [9.17, 15) is 61.0 Å². The molecule has 1 amide bonds. The molecule has 61 heavy (non-hydrogen) atoms. The van der Waals surface area contributed by atoms with Crippen LogP contribution in [-0.4, -0.2) is 193 Å². The largest absolute Gasteiger partial charge is 0.394 e. The van der Waals surface area contributed by atoms with E-state index in [-0.39, 0.29) is 18.9 Å². The van der Waals surface area contributed by atoms with Crippen LogP contribution in [0.15, 0.2) is 24.3 Å². The van der Waals surface area contributed by atoms with Gasteiger partial charge in [0.2, 0.25) is 5.91 Å². The van der Waals surface area contributed by atoms with E-state index in [1.54, 1.807) is 12.2 Å². The SMILES string of the molecule is CCCC/C=C/C(O)C(COC1OC(CO)C(OC2OC(CO)C(OC3OC(CO)C(O)C(O)C3O)C(O)C2O)C(O)C1O)NC(=O)CCCCCCC/C=C\CCCCC. The average molecular weight is 882 g/mol. The summed E-state index contributed by atoms with van der Waals surface area (Å²) in [6, 6.07) is -0.968. The van der Waals surface area contributed by atoms with Crippen molar-refractivity contribution < 1.29 is 89.4 Å². The van der Waals surface area contributed by atoms with Crippen molar-refractivity contribution in [1.29, 1.82) is 0 Å². The molecular formula is C42H75NO18. The van der Waals surface area contributed by atoms with Crippen molar-refractivity contribution in [2.45, 2.75) is 208 Å². The zero-order valence-electron chi connectivity index (χ0n) is 35.6. The number of rotatable bonds is 28. The van der Waals surface area contributed by atoms with Crippen LogP contribution in [0.2, 0.25) is 0 Å². The van der Waals surface area contributed by atoms with Crippen molar-refractivity contribution in [3.8, 4) is 0 Å². The van der Waals surface area contributed by atoms with Gasteiger partial charge < -0.3 is 89.9 Å². The van der Waals surface area contributed by atoms with Crippen LogP contribution in [0.5, 0.6) is 0 Å². The third-order valence-corrected chi connectivity index (χ3v) is 11.2. The number of ether oxygens (including phenoxy) is 6. The molecule has 0 saturated carbocycles. The van der Waals surface area contributed by atoms with Gasteiger partial charge in [0.05, 0.1) is 38.6 Å². The second-order valence-corrected chi connectivity index (χ2v) is 16.2. The number of allylic oxidation sites excluding steroid dienone is 3. The van der Waals surface area contributed by atoms with Crippen molar-refractivity contribution >= 4 is 5.91 Å². The fourth-order valence-corrected chi connectivity index (χ4v) is 7.40. The van der Waals surface area contributed by atoms with E-state index in [2.05, 4.69) is 24.4 Å². The van der Waals surface area contributed by atoms with Crippen molar-refractivity contribution in [2.75, 3.05) is 26.4 Å². The van der Waals surface area contributed by atoms with Crippen LogP contribution in [0.1, 0.15) is 104 Å². The van der Waals surface area contributed by atoms with Gasteiger partial charge in [-0.15, -0.1) is 0 Å². The fraction of sp³-hybridized carbons (Fsp3) is 0.881. The highest BCUT2D eigenvalue weighted by Gasteiger charge is 2.53. The summed E-state index contributed by atoms with van der Waals surface area (Å²) in [4.78, 5) is 13.0. The summed E-state index contributed by atoms with van der Waals surface area (Å²) in [5.41, 5.74) is 0. The standard InChI is InChI=1S/C42H75NO18/c1-3-5-7-9-10-11-12-13-14-15-16-18-20-30(48)43-25(26(47)19-17-8-6-4-2)24-56-40-36(54)33(51)38(28(22-45)58-40)61-42-37(55)34(52)39(29(23-46)59-42)60-41-35(53)32(50)31(49)27(21-44)57-41/h10-11,17,19,25-29,31-42,44-47,49-55H,3-9,12-16,18,20-24H2,1-2H3,(H,43,48)/b11-10-,19-17+. The van der Waals surface area contributed by atoms with E-state index in [4.69, 9.17) is 28.4 Å². The number of unbranched alkanes of at least 4 members (excludes halogenated alkanes) is 10. The number of aliphatic hydroxyl groups is 11. The topological polar surface area (TPSA) is 307 Å². The maximum Gasteiger partial charge on any atom is 0.220 e. The zero-order chi connectivity index (χ0) is 44.9. The number of hydrogen-bond acceptors (Lipinski definition) is 18. The quantitative estimate of drug-likeness (QED) is 0.0328. The maximum atomic E-state index is 13.0.